The van der Waals surface area contributed by atoms with Crippen molar-refractivity contribution in [2.75, 3.05) is 11.5 Å². The average molecular weight is 219 g/mol. The van der Waals surface area contributed by atoms with Crippen LogP contribution < -0.4 is 0 Å². The maximum Gasteiger partial charge on any atom is 0.102 e. The van der Waals surface area contributed by atoms with Crippen LogP contribution in [0.25, 0.3) is 0 Å². The molecule has 0 bridgehead atoms. The van der Waals surface area contributed by atoms with Gasteiger partial charge in [-0.1, -0.05) is 19.1 Å². The Bertz CT molecular complexity index is 412. The fourth-order valence-electron chi connectivity index (χ4n) is 1.90. The Morgan fingerprint density at radius 3 is 3.00 bits per heavy atom. The lowest BCUT2D eigenvalue weighted by Gasteiger charge is -2.27. The second kappa shape index (κ2) is 3.88. The first-order valence-electron chi connectivity index (χ1n) is 4.97. The van der Waals surface area contributed by atoms with E-state index in [0.29, 0.717) is 5.56 Å². The van der Waals surface area contributed by atoms with Crippen LogP contribution in [0.15, 0.2) is 24.3 Å². The van der Waals surface area contributed by atoms with Crippen molar-refractivity contribution in [3.8, 4) is 6.07 Å². The molecule has 1 N–H and O–H groups in total. The molecule has 0 spiro atoms. The lowest BCUT2D eigenvalue weighted by atomic mass is 9.85. The number of benzene rings is 1. The summed E-state index contributed by atoms with van der Waals surface area (Å²) in [5.41, 5.74) is 0.737. The fraction of sp³-hybridized carbons (Fsp3) is 0.417. The normalized spacial score (nSPS) is 30.1. The fourth-order valence-corrected chi connectivity index (χ4v) is 3.41. The number of rotatable bonds is 1. The third-order valence-corrected chi connectivity index (χ3v) is 4.38. The van der Waals surface area contributed by atoms with Gasteiger partial charge < -0.3 is 5.11 Å². The summed E-state index contributed by atoms with van der Waals surface area (Å²) in [6.45, 7) is 2.05. The summed E-state index contributed by atoms with van der Waals surface area (Å²) in [7, 11) is 0. The monoisotopic (exact) mass is 219 g/mol. The van der Waals surface area contributed by atoms with E-state index >= 15 is 0 Å². The Morgan fingerprint density at radius 2 is 2.40 bits per heavy atom. The highest BCUT2D eigenvalue weighted by Gasteiger charge is 2.40. The zero-order valence-corrected chi connectivity index (χ0v) is 9.42. The van der Waals surface area contributed by atoms with Gasteiger partial charge in [-0.15, -0.1) is 0 Å². The molecule has 0 aliphatic carbocycles. The summed E-state index contributed by atoms with van der Waals surface area (Å²) in [5.74, 6) is 1.95. The van der Waals surface area contributed by atoms with Crippen LogP contribution in [0.2, 0.25) is 0 Å². The molecule has 1 saturated heterocycles. The molecule has 2 rings (SSSR count). The molecule has 0 amide bonds. The molecule has 1 aliphatic rings. The number of nitrogens with zero attached hydrogens (tertiary/aromatic N) is 1. The predicted molar refractivity (Wildman–Crippen MR) is 61.5 cm³/mol. The van der Waals surface area contributed by atoms with Crippen molar-refractivity contribution >= 4 is 11.8 Å². The molecule has 2 nitrogen and oxygen atoms in total. The molecule has 3 heteroatoms. The highest BCUT2D eigenvalue weighted by Crippen LogP contribution is 2.41. The largest absolute Gasteiger partial charge is 0.384 e. The second-order valence-corrected chi connectivity index (χ2v) is 5.06. The number of thioether (sulfide) groups is 1. The van der Waals surface area contributed by atoms with E-state index in [4.69, 9.17) is 5.26 Å². The van der Waals surface area contributed by atoms with Crippen LogP contribution in [0.4, 0.5) is 0 Å². The molecule has 78 valence electrons. The van der Waals surface area contributed by atoms with Gasteiger partial charge in [0.2, 0.25) is 0 Å². The zero-order chi connectivity index (χ0) is 10.9. The van der Waals surface area contributed by atoms with Crippen molar-refractivity contribution < 1.29 is 5.11 Å². The Kier molecular flexibility index (Phi) is 2.72. The third kappa shape index (κ3) is 1.75. The summed E-state index contributed by atoms with van der Waals surface area (Å²) in [5, 5.41) is 19.3. The van der Waals surface area contributed by atoms with Gasteiger partial charge in [-0.05, 0) is 29.4 Å². The molecule has 1 aromatic rings. The summed E-state index contributed by atoms with van der Waals surface area (Å²) < 4.78 is 0. The minimum Gasteiger partial charge on any atom is -0.384 e. The first-order chi connectivity index (χ1) is 7.16. The van der Waals surface area contributed by atoms with Gasteiger partial charge in [0.15, 0.2) is 0 Å². The van der Waals surface area contributed by atoms with E-state index in [-0.39, 0.29) is 5.92 Å². The molecule has 15 heavy (non-hydrogen) atoms. The van der Waals surface area contributed by atoms with Crippen LogP contribution >= 0.6 is 11.8 Å². The lowest BCUT2D eigenvalue weighted by Crippen LogP contribution is -2.32. The third-order valence-electron chi connectivity index (χ3n) is 3.00. The topological polar surface area (TPSA) is 44.0 Å². The van der Waals surface area contributed by atoms with Crippen LogP contribution in [0, 0.1) is 17.2 Å². The Morgan fingerprint density at radius 1 is 1.60 bits per heavy atom. The van der Waals surface area contributed by atoms with Crippen LogP contribution in [-0.4, -0.2) is 16.6 Å². The van der Waals surface area contributed by atoms with E-state index < -0.39 is 5.60 Å². The smallest absolute Gasteiger partial charge is 0.102 e. The number of hydrogen-bond acceptors (Lipinski definition) is 3. The van der Waals surface area contributed by atoms with E-state index in [0.717, 1.165) is 17.1 Å². The maximum absolute atomic E-state index is 10.5. The van der Waals surface area contributed by atoms with E-state index in [1.807, 2.05) is 12.1 Å². The molecule has 0 aromatic heterocycles. The Balaban J connectivity index is 2.41. The van der Waals surface area contributed by atoms with Gasteiger partial charge in [0.1, 0.15) is 5.60 Å². The molecule has 1 heterocycles. The van der Waals surface area contributed by atoms with Gasteiger partial charge in [0.05, 0.1) is 11.6 Å². The zero-order valence-electron chi connectivity index (χ0n) is 8.60. The standard InChI is InChI=1S/C12H13NOS/c1-9-7-15-8-12(9,14)11-4-2-3-10(5-11)6-13/h2-5,9,14H,7-8H2,1H3/t9-,12+/m1/s1. The van der Waals surface area contributed by atoms with Gasteiger partial charge in [0.25, 0.3) is 0 Å². The van der Waals surface area contributed by atoms with Crippen molar-refractivity contribution in [3.05, 3.63) is 35.4 Å². The molecular weight excluding hydrogens is 206 g/mol. The highest BCUT2D eigenvalue weighted by molar-refractivity contribution is 7.99. The Hall–Kier alpha value is -0.980. The minimum absolute atomic E-state index is 0.247. The maximum atomic E-state index is 10.5. The number of nitriles is 1. The predicted octanol–water partition coefficient (Wildman–Crippen LogP) is 2.13. The SMILES string of the molecule is C[C@@H]1CSC[C@@]1(O)c1cccc(C#N)c1. The van der Waals surface area contributed by atoms with Crippen molar-refractivity contribution in [2.45, 2.75) is 12.5 Å². The van der Waals surface area contributed by atoms with Crippen molar-refractivity contribution in [1.29, 1.82) is 5.26 Å². The van der Waals surface area contributed by atoms with E-state index in [2.05, 4.69) is 13.0 Å². The summed E-state index contributed by atoms with van der Waals surface area (Å²) in [6, 6.07) is 9.40. The van der Waals surface area contributed by atoms with Gasteiger partial charge in [-0.3, -0.25) is 0 Å². The number of hydrogen-bond donors (Lipinski definition) is 1. The minimum atomic E-state index is -0.752. The summed E-state index contributed by atoms with van der Waals surface area (Å²) in [4.78, 5) is 0. The number of aliphatic hydroxyl groups is 1. The van der Waals surface area contributed by atoms with Gasteiger partial charge in [-0.25, -0.2) is 0 Å². The molecule has 1 aromatic carbocycles. The van der Waals surface area contributed by atoms with Crippen LogP contribution in [0.5, 0.6) is 0 Å². The van der Waals surface area contributed by atoms with E-state index in [9.17, 15) is 5.11 Å². The van der Waals surface area contributed by atoms with Gasteiger partial charge >= 0.3 is 0 Å². The second-order valence-electron chi connectivity index (χ2n) is 4.03. The summed E-state index contributed by atoms with van der Waals surface area (Å²) in [6.07, 6.45) is 0. The van der Waals surface area contributed by atoms with Crippen molar-refractivity contribution in [3.63, 3.8) is 0 Å². The van der Waals surface area contributed by atoms with Gasteiger partial charge in [-0.2, -0.15) is 17.0 Å². The first kappa shape index (κ1) is 10.5. The quantitative estimate of drug-likeness (QED) is 0.787. The van der Waals surface area contributed by atoms with Crippen LogP contribution in [-0.2, 0) is 5.60 Å². The Labute approximate surface area is 93.9 Å². The van der Waals surface area contributed by atoms with Crippen molar-refractivity contribution in [2.24, 2.45) is 5.92 Å². The first-order valence-corrected chi connectivity index (χ1v) is 6.13. The van der Waals surface area contributed by atoms with E-state index in [1.54, 1.807) is 23.9 Å². The molecule has 0 saturated carbocycles. The average Bonchev–Trinajstić information content (AvgIpc) is 2.61. The molecule has 0 unspecified atom stereocenters. The molecular formula is C12H13NOS. The van der Waals surface area contributed by atoms with E-state index in [1.165, 1.54) is 0 Å². The van der Waals surface area contributed by atoms with Crippen molar-refractivity contribution in [1.82, 2.24) is 0 Å². The molecule has 1 aliphatic heterocycles. The lowest BCUT2D eigenvalue weighted by molar-refractivity contribution is 0.0234. The van der Waals surface area contributed by atoms with Gasteiger partial charge in [0, 0.05) is 5.75 Å². The van der Waals surface area contributed by atoms with Crippen LogP contribution in [0.1, 0.15) is 18.1 Å². The highest BCUT2D eigenvalue weighted by atomic mass is 32.2. The molecule has 0 radical (unpaired) electrons. The molecule has 1 fully saturated rings. The van der Waals surface area contributed by atoms with Crippen LogP contribution in [0.3, 0.4) is 0 Å². The molecule has 2 atom stereocenters. The summed E-state index contributed by atoms with van der Waals surface area (Å²) >= 11 is 1.76.